The minimum Gasteiger partial charge on any atom is -0.497 e. The Labute approximate surface area is 211 Å². The molecule has 184 valence electrons. The number of aryl methyl sites for hydroxylation is 1. The van der Waals surface area contributed by atoms with Crippen LogP contribution in [0.5, 0.6) is 5.75 Å². The number of benzene rings is 3. The van der Waals surface area contributed by atoms with Crippen LogP contribution in [0.25, 0.3) is 0 Å². The molecule has 1 unspecified atom stereocenters. The molecule has 0 N–H and O–H groups in total. The van der Waals surface area contributed by atoms with E-state index >= 15 is 0 Å². The second kappa shape index (κ2) is 10.3. The maximum Gasteiger partial charge on any atom is 0.257 e. The Bertz CT molecular complexity index is 1260. The lowest BCUT2D eigenvalue weighted by molar-refractivity contribution is -0.135. The van der Waals surface area contributed by atoms with Crippen molar-refractivity contribution in [2.45, 2.75) is 19.4 Å². The topological polar surface area (TPSA) is 65.5 Å². The third-order valence-electron chi connectivity index (χ3n) is 6.78. The van der Waals surface area contributed by atoms with Gasteiger partial charge >= 0.3 is 0 Å². The molecule has 2 amide bonds. The van der Waals surface area contributed by atoms with Crippen LogP contribution < -0.4 is 9.64 Å². The van der Waals surface area contributed by atoms with Gasteiger partial charge in [-0.05, 0) is 42.3 Å². The number of hydrogen-bond donors (Lipinski definition) is 0. The molecule has 3 aromatic rings. The van der Waals surface area contributed by atoms with Gasteiger partial charge in [0, 0.05) is 25.2 Å². The molecule has 7 nitrogen and oxygen atoms in total. The first-order valence-electron chi connectivity index (χ1n) is 12.2. The number of ether oxygens (including phenoxy) is 1. The number of piperazine rings is 1. The molecule has 2 aliphatic rings. The van der Waals surface area contributed by atoms with Crippen molar-refractivity contribution in [3.05, 3.63) is 95.6 Å². The third-order valence-corrected chi connectivity index (χ3v) is 6.78. The first-order valence-corrected chi connectivity index (χ1v) is 12.2. The van der Waals surface area contributed by atoms with Crippen molar-refractivity contribution in [2.24, 2.45) is 5.10 Å². The Kier molecular flexibility index (Phi) is 6.82. The maximum absolute atomic E-state index is 13.5. The van der Waals surface area contributed by atoms with E-state index in [1.54, 1.807) is 17.0 Å². The van der Waals surface area contributed by atoms with Gasteiger partial charge in [0.2, 0.25) is 5.91 Å². The number of methoxy groups -OCH3 is 1. The predicted octanol–water partition coefficient (Wildman–Crippen LogP) is 4.03. The highest BCUT2D eigenvalue weighted by Crippen LogP contribution is 2.34. The SMILES string of the molecule is COc1ccc(C2CC(c3ccccc3)=NN2C(=O)CN2CCN(c3ccc(C)cc3)C(=O)C2)cc1. The van der Waals surface area contributed by atoms with Crippen LogP contribution in [0.3, 0.4) is 0 Å². The fourth-order valence-corrected chi connectivity index (χ4v) is 4.75. The molecule has 0 bridgehead atoms. The van der Waals surface area contributed by atoms with Crippen LogP contribution in [0, 0.1) is 6.92 Å². The van der Waals surface area contributed by atoms with Gasteiger partial charge in [0.1, 0.15) is 5.75 Å². The molecule has 3 aromatic carbocycles. The van der Waals surface area contributed by atoms with Gasteiger partial charge in [-0.2, -0.15) is 5.10 Å². The zero-order chi connectivity index (χ0) is 25.1. The van der Waals surface area contributed by atoms with Crippen LogP contribution in [-0.2, 0) is 9.59 Å². The highest BCUT2D eigenvalue weighted by Gasteiger charge is 2.35. The van der Waals surface area contributed by atoms with Crippen molar-refractivity contribution >= 4 is 23.2 Å². The molecule has 5 rings (SSSR count). The monoisotopic (exact) mass is 482 g/mol. The number of nitrogens with zero attached hydrogens (tertiary/aromatic N) is 4. The molecule has 0 radical (unpaired) electrons. The summed E-state index contributed by atoms with van der Waals surface area (Å²) in [5, 5.41) is 6.36. The standard InChI is InChI=1S/C29H30N4O3/c1-21-8-12-24(13-9-21)32-17-16-31(19-28(32)34)20-29(35)33-27(23-10-14-25(36-2)15-11-23)18-26(30-33)22-6-4-3-5-7-22/h3-15,27H,16-20H2,1-2H3. The lowest BCUT2D eigenvalue weighted by Gasteiger charge is -2.34. The number of carbonyl (C=O) groups is 2. The fourth-order valence-electron chi connectivity index (χ4n) is 4.75. The highest BCUT2D eigenvalue weighted by molar-refractivity contribution is 6.03. The van der Waals surface area contributed by atoms with E-state index < -0.39 is 0 Å². The van der Waals surface area contributed by atoms with Crippen molar-refractivity contribution in [2.75, 3.05) is 38.2 Å². The summed E-state index contributed by atoms with van der Waals surface area (Å²) in [5.74, 6) is 0.654. The lowest BCUT2D eigenvalue weighted by Crippen LogP contribution is -2.52. The molecule has 0 aliphatic carbocycles. The van der Waals surface area contributed by atoms with Crippen LogP contribution in [0.2, 0.25) is 0 Å². The fraction of sp³-hybridized carbons (Fsp3) is 0.276. The van der Waals surface area contributed by atoms with Crippen molar-refractivity contribution in [3.8, 4) is 5.75 Å². The van der Waals surface area contributed by atoms with E-state index in [-0.39, 0.29) is 30.9 Å². The summed E-state index contributed by atoms with van der Waals surface area (Å²) in [7, 11) is 1.64. The van der Waals surface area contributed by atoms with E-state index in [2.05, 4.69) is 0 Å². The molecule has 7 heteroatoms. The largest absolute Gasteiger partial charge is 0.497 e. The maximum atomic E-state index is 13.5. The quantitative estimate of drug-likeness (QED) is 0.532. The Morgan fingerprint density at radius 3 is 2.36 bits per heavy atom. The van der Waals surface area contributed by atoms with Crippen LogP contribution in [-0.4, -0.2) is 60.7 Å². The Morgan fingerprint density at radius 1 is 0.972 bits per heavy atom. The van der Waals surface area contributed by atoms with Crippen molar-refractivity contribution in [3.63, 3.8) is 0 Å². The average molecular weight is 483 g/mol. The Balaban J connectivity index is 1.31. The van der Waals surface area contributed by atoms with E-state index in [9.17, 15) is 9.59 Å². The number of amides is 2. The molecule has 1 fully saturated rings. The van der Waals surface area contributed by atoms with Gasteiger partial charge in [0.25, 0.3) is 5.91 Å². The summed E-state index contributed by atoms with van der Waals surface area (Å²) in [5.41, 5.74) is 4.94. The summed E-state index contributed by atoms with van der Waals surface area (Å²) < 4.78 is 5.30. The zero-order valence-corrected chi connectivity index (χ0v) is 20.6. The second-order valence-corrected chi connectivity index (χ2v) is 9.24. The summed E-state index contributed by atoms with van der Waals surface area (Å²) in [6, 6.07) is 25.5. The van der Waals surface area contributed by atoms with E-state index in [0.29, 0.717) is 19.5 Å². The summed E-state index contributed by atoms with van der Waals surface area (Å²) in [6.07, 6.45) is 0.627. The molecule has 1 saturated heterocycles. The summed E-state index contributed by atoms with van der Waals surface area (Å²) in [6.45, 7) is 3.55. The average Bonchev–Trinajstić information content (AvgIpc) is 3.36. The van der Waals surface area contributed by atoms with E-state index in [1.165, 1.54) is 0 Å². The molecule has 0 aromatic heterocycles. The Morgan fingerprint density at radius 2 is 1.69 bits per heavy atom. The van der Waals surface area contributed by atoms with Gasteiger partial charge in [-0.15, -0.1) is 0 Å². The molecule has 0 spiro atoms. The Hall–Kier alpha value is -3.97. The predicted molar refractivity (Wildman–Crippen MR) is 140 cm³/mol. The van der Waals surface area contributed by atoms with Gasteiger partial charge in [0.15, 0.2) is 0 Å². The molecular formula is C29H30N4O3. The second-order valence-electron chi connectivity index (χ2n) is 9.24. The number of hydrogen-bond acceptors (Lipinski definition) is 5. The first kappa shape index (κ1) is 23.8. The summed E-state index contributed by atoms with van der Waals surface area (Å²) in [4.78, 5) is 30.1. The molecule has 0 saturated carbocycles. The van der Waals surface area contributed by atoms with E-state index in [1.807, 2.05) is 90.7 Å². The molecule has 2 heterocycles. The van der Waals surface area contributed by atoms with Crippen LogP contribution in [0.1, 0.15) is 29.2 Å². The number of anilines is 1. The molecule has 1 atom stereocenters. The minimum absolute atomic E-state index is 0.000458. The summed E-state index contributed by atoms with van der Waals surface area (Å²) >= 11 is 0. The van der Waals surface area contributed by atoms with Gasteiger partial charge < -0.3 is 9.64 Å². The van der Waals surface area contributed by atoms with Crippen molar-refractivity contribution in [1.29, 1.82) is 0 Å². The number of rotatable bonds is 6. The lowest BCUT2D eigenvalue weighted by atomic mass is 9.98. The van der Waals surface area contributed by atoms with E-state index in [4.69, 9.17) is 9.84 Å². The van der Waals surface area contributed by atoms with Crippen LogP contribution in [0.15, 0.2) is 84.0 Å². The van der Waals surface area contributed by atoms with Crippen LogP contribution >= 0.6 is 0 Å². The smallest absolute Gasteiger partial charge is 0.257 e. The van der Waals surface area contributed by atoms with Gasteiger partial charge in [-0.3, -0.25) is 14.5 Å². The van der Waals surface area contributed by atoms with Crippen molar-refractivity contribution < 1.29 is 14.3 Å². The van der Waals surface area contributed by atoms with E-state index in [0.717, 1.165) is 33.8 Å². The number of carbonyl (C=O) groups excluding carboxylic acids is 2. The normalized spacial score (nSPS) is 18.3. The van der Waals surface area contributed by atoms with Gasteiger partial charge in [-0.25, -0.2) is 5.01 Å². The molecule has 2 aliphatic heterocycles. The molecular weight excluding hydrogens is 452 g/mol. The number of hydrazone groups is 1. The van der Waals surface area contributed by atoms with Crippen LogP contribution in [0.4, 0.5) is 5.69 Å². The third kappa shape index (κ3) is 5.02. The van der Waals surface area contributed by atoms with Gasteiger partial charge in [-0.1, -0.05) is 60.2 Å². The highest BCUT2D eigenvalue weighted by atomic mass is 16.5. The first-order chi connectivity index (χ1) is 17.5. The minimum atomic E-state index is -0.205. The van der Waals surface area contributed by atoms with Gasteiger partial charge in [0.05, 0.1) is 32.0 Å². The van der Waals surface area contributed by atoms with Crippen molar-refractivity contribution in [1.82, 2.24) is 9.91 Å². The molecule has 36 heavy (non-hydrogen) atoms. The zero-order valence-electron chi connectivity index (χ0n) is 20.6.